The van der Waals surface area contributed by atoms with E-state index in [0.29, 0.717) is 80.4 Å². The molecule has 0 aliphatic rings. The van der Waals surface area contributed by atoms with Crippen LogP contribution in [0.2, 0.25) is 0 Å². The van der Waals surface area contributed by atoms with Crippen molar-refractivity contribution in [2.24, 2.45) is 0 Å². The zero-order valence-corrected chi connectivity index (χ0v) is 52.1. The van der Waals surface area contributed by atoms with Gasteiger partial charge in [0.05, 0.1) is 64.3 Å². The number of nitrogens with one attached hydrogen (secondary N) is 1. The molecule has 3 aromatic heterocycles. The number of anilines is 3. The lowest BCUT2D eigenvalue weighted by Crippen LogP contribution is -2.32. The van der Waals surface area contributed by atoms with Crippen molar-refractivity contribution in [3.8, 4) is 0 Å². The number of nitrogens with zero attached hydrogens (tertiary/aromatic N) is 2. The number of hydrogen-bond acceptors (Lipinski definition) is 12. The first-order valence-corrected chi connectivity index (χ1v) is 33.6. The summed E-state index contributed by atoms with van der Waals surface area (Å²) in [4.78, 5) is 22.7. The second-order valence-electron chi connectivity index (χ2n) is 19.0. The number of aldehydes is 2. The maximum absolute atomic E-state index is 13.7. The summed E-state index contributed by atoms with van der Waals surface area (Å²) in [6, 6.07) is 29.0. The molecule has 0 amide bonds. The number of halogens is 12. The summed E-state index contributed by atoms with van der Waals surface area (Å²) < 4.78 is 235. The highest BCUT2D eigenvalue weighted by atomic mass is 32.2. The van der Waals surface area contributed by atoms with E-state index in [-0.39, 0.29) is 51.4 Å². The predicted octanol–water partition coefficient (Wildman–Crippen LogP) is 17.2. The molecule has 0 fully saturated rings. The highest BCUT2D eigenvalue weighted by molar-refractivity contribution is 7.93. The summed E-state index contributed by atoms with van der Waals surface area (Å²) in [5, 5.41) is 13.0. The van der Waals surface area contributed by atoms with E-state index in [1.54, 1.807) is 68.4 Å². The molecule has 486 valence electrons. The molecule has 12 nitrogen and oxygen atoms in total. The summed E-state index contributed by atoms with van der Waals surface area (Å²) in [6.45, 7) is 6.68. The molecule has 0 aliphatic carbocycles. The summed E-state index contributed by atoms with van der Waals surface area (Å²) in [7, 11) is -11.2. The van der Waals surface area contributed by atoms with Crippen LogP contribution in [0.5, 0.6) is 0 Å². The Balaban J connectivity index is 0.000000228. The van der Waals surface area contributed by atoms with E-state index in [1.165, 1.54) is 38.2 Å². The third-order valence-electron chi connectivity index (χ3n) is 13.1. The van der Waals surface area contributed by atoms with Crippen LogP contribution in [0.4, 0.5) is 67.7 Å². The van der Waals surface area contributed by atoms with Gasteiger partial charge in [0.25, 0.3) is 0 Å². The Labute approximate surface area is 523 Å². The molecule has 0 saturated carbocycles. The van der Waals surface area contributed by atoms with Gasteiger partial charge in [0.15, 0.2) is 12.6 Å². The second-order valence-corrected chi connectivity index (χ2v) is 28.5. The number of rotatable bonds is 17. The number of benzene rings is 6. The lowest BCUT2D eigenvalue weighted by atomic mass is 10.1. The van der Waals surface area contributed by atoms with Gasteiger partial charge in [0.1, 0.15) is 32.5 Å². The minimum Gasteiger partial charge on any atom is -0.389 e. The SMILES string of the molecule is C.CCS(=O)(=O)N(Cc1ccc([18F])c(C(F)(F)F)c1)c1sc2ccccc2c1C(C)O.CCS(=O)(=O)N(Cc1ccc([18F])c(C(F)(F)F)c1)c1sc2ccccc2c1C=O.CCS(=O)(=O)Nc1sc2ccccc2c1C=O.CCc1ccc([18F])c(C(F)(F)F)c1. The average molecular weight is 1380 g/mol. The molecule has 0 bridgehead atoms. The molecule has 3 heterocycles. The monoisotopic (exact) mass is 1380 g/mol. The number of aliphatic hydroxyl groups is 1. The average Bonchev–Trinajstić information content (AvgIpc) is 2.02. The fourth-order valence-electron chi connectivity index (χ4n) is 8.49. The van der Waals surface area contributed by atoms with Gasteiger partial charge in [-0.15, -0.1) is 34.0 Å². The zero-order chi connectivity index (χ0) is 66.2. The van der Waals surface area contributed by atoms with E-state index in [4.69, 9.17) is 0 Å². The van der Waals surface area contributed by atoms with Gasteiger partial charge in [-0.1, -0.05) is 87.1 Å². The topological polar surface area (TPSA) is 175 Å². The van der Waals surface area contributed by atoms with Gasteiger partial charge in [0, 0.05) is 35.8 Å². The van der Waals surface area contributed by atoms with Gasteiger partial charge in [-0.2, -0.15) is 39.5 Å². The maximum Gasteiger partial charge on any atom is 0.419 e. The van der Waals surface area contributed by atoms with Crippen LogP contribution >= 0.6 is 34.0 Å². The van der Waals surface area contributed by atoms with Crippen LogP contribution in [0.3, 0.4) is 0 Å². The van der Waals surface area contributed by atoms with Crippen molar-refractivity contribution >= 4 is 122 Å². The number of sulfonamides is 3. The number of alkyl halides is 9. The largest absolute Gasteiger partial charge is 0.419 e. The molecule has 1 atom stereocenters. The molecule has 0 aliphatic heterocycles. The molecular formula is C60H57F12N3O9S6. The lowest BCUT2D eigenvalue weighted by Gasteiger charge is -2.25. The first-order valence-electron chi connectivity index (χ1n) is 26.3. The number of fused-ring (bicyclic) bond motifs is 3. The molecule has 90 heavy (non-hydrogen) atoms. The Hall–Kier alpha value is -7.09. The zero-order valence-electron chi connectivity index (χ0n) is 47.2. The van der Waals surface area contributed by atoms with Crippen molar-refractivity contribution in [1.82, 2.24) is 0 Å². The molecule has 0 saturated heterocycles. The molecular weight excluding hydrogens is 1320 g/mol. The smallest absolute Gasteiger partial charge is 0.389 e. The third-order valence-corrected chi connectivity index (χ3v) is 21.6. The molecule has 2 N–H and O–H groups in total. The Morgan fingerprint density at radius 3 is 1.24 bits per heavy atom. The standard InChI is InChI=1S/C20H19F4NO3S2.C19H15F4NO3S2.C11H11NO3S2.C9H8F4.CH4/c1-3-30(27,28)25(11-13-8-9-16(21)15(10-13)20(22,23)24)19-18(12(2)26)14-6-4-5-7-17(14)29-19;1-2-29(26,27)24(10-12-7-8-16(20)15(9-12)19(21,22)23)18-14(11-25)13-5-3-4-6-17(13)28-18;1-2-17(14,15)12-11-9(7-13)8-5-3-4-6-10(8)16-11;1-2-6-3-4-8(10)7(5-6)9(11,12)13;/h4-10,12,26H,3,11H2,1-2H3;3-9,11H,2,10H2,1H3;3-7,12H,2H2,1H3;3-5H,2H2,1H3;1H4/i21-1;20-1;;10-1;. The van der Waals surface area contributed by atoms with Gasteiger partial charge in [-0.3, -0.25) is 22.9 Å². The van der Waals surface area contributed by atoms with Crippen LogP contribution in [0, 0.1) is 17.5 Å². The minimum absolute atomic E-state index is 0. The van der Waals surface area contributed by atoms with Gasteiger partial charge in [-0.05, 0) is 105 Å². The minimum atomic E-state index is -4.92. The molecule has 9 aromatic rings. The third kappa shape index (κ3) is 17.7. The predicted molar refractivity (Wildman–Crippen MR) is 332 cm³/mol. The van der Waals surface area contributed by atoms with Crippen molar-refractivity contribution in [3.05, 3.63) is 195 Å². The first-order chi connectivity index (χ1) is 41.6. The molecule has 0 radical (unpaired) electrons. The first kappa shape index (κ1) is 73.6. The Morgan fingerprint density at radius 2 is 0.856 bits per heavy atom. The van der Waals surface area contributed by atoms with Crippen LogP contribution in [0.1, 0.15) is 108 Å². The highest BCUT2D eigenvalue weighted by Crippen LogP contribution is 2.45. The quantitative estimate of drug-likeness (QED) is 0.0664. The molecule has 0 spiro atoms. The molecule has 1 unspecified atom stereocenters. The van der Waals surface area contributed by atoms with Crippen molar-refractivity contribution in [2.45, 2.75) is 86.2 Å². The lowest BCUT2D eigenvalue weighted by molar-refractivity contribution is -0.140. The van der Waals surface area contributed by atoms with Crippen LogP contribution in [-0.4, -0.2) is 60.2 Å². The number of aryl methyl sites for hydroxylation is 1. The molecule has 6 aromatic carbocycles. The number of hydrogen-bond donors (Lipinski definition) is 2. The maximum atomic E-state index is 13.7. The van der Waals surface area contributed by atoms with Crippen molar-refractivity contribution in [1.29, 1.82) is 0 Å². The van der Waals surface area contributed by atoms with E-state index in [9.17, 15) is 92.6 Å². The fraction of sp³-hybridized carbons (Fsp3) is 0.267. The Morgan fingerprint density at radius 1 is 0.500 bits per heavy atom. The van der Waals surface area contributed by atoms with Gasteiger partial charge >= 0.3 is 18.5 Å². The van der Waals surface area contributed by atoms with Crippen LogP contribution in [0.15, 0.2) is 127 Å². The summed E-state index contributed by atoms with van der Waals surface area (Å²) in [5.74, 6) is -4.73. The van der Waals surface area contributed by atoms with Crippen molar-refractivity contribution in [3.63, 3.8) is 0 Å². The molecule has 9 rings (SSSR count). The van der Waals surface area contributed by atoms with E-state index >= 15 is 0 Å². The van der Waals surface area contributed by atoms with Crippen LogP contribution < -0.4 is 13.3 Å². The summed E-state index contributed by atoms with van der Waals surface area (Å²) in [5.41, 5.74) is -2.79. The van der Waals surface area contributed by atoms with E-state index < -0.39 is 102 Å². The number of carbonyl (C=O) groups excluding carboxylic acids is 2. The second kappa shape index (κ2) is 29.9. The van der Waals surface area contributed by atoms with Gasteiger partial charge in [-0.25, -0.2) is 38.4 Å². The summed E-state index contributed by atoms with van der Waals surface area (Å²) in [6.07, 6.45) is -13.8. The number of carbonyl (C=O) groups is 2. The van der Waals surface area contributed by atoms with E-state index in [1.807, 2.05) is 18.2 Å². The summed E-state index contributed by atoms with van der Waals surface area (Å²) >= 11 is 3.44. The van der Waals surface area contributed by atoms with Crippen LogP contribution in [-0.2, 0) is 68.1 Å². The number of aliphatic hydroxyl groups excluding tert-OH is 1. The van der Waals surface area contributed by atoms with Crippen LogP contribution in [0.25, 0.3) is 30.3 Å². The Bertz CT molecular complexity index is 4360. The van der Waals surface area contributed by atoms with Gasteiger partial charge in [0.2, 0.25) is 30.1 Å². The Kier molecular flexibility index (Phi) is 24.5. The highest BCUT2D eigenvalue weighted by Gasteiger charge is 2.38. The normalized spacial score (nSPS) is 12.4. The fourth-order valence-corrected chi connectivity index (χ4v) is 15.7. The van der Waals surface area contributed by atoms with Gasteiger partial charge < -0.3 is 5.11 Å². The van der Waals surface area contributed by atoms with Crippen molar-refractivity contribution in [2.75, 3.05) is 30.6 Å². The van der Waals surface area contributed by atoms with Crippen molar-refractivity contribution < 1.29 is 92.6 Å². The van der Waals surface area contributed by atoms with E-state index in [2.05, 4.69) is 4.72 Å². The number of thiophene rings is 3. The van der Waals surface area contributed by atoms with E-state index in [0.717, 1.165) is 70.3 Å². The molecule has 30 heteroatoms.